The maximum atomic E-state index is 3.79. The summed E-state index contributed by atoms with van der Waals surface area (Å²) in [5.41, 5.74) is 4.23. The number of thioether (sulfide) groups is 1. The summed E-state index contributed by atoms with van der Waals surface area (Å²) in [5, 5.41) is 1.92. The molecule has 0 aliphatic carbocycles. The minimum Gasteiger partial charge on any atom is -0.0981 e. The highest BCUT2D eigenvalue weighted by molar-refractivity contribution is 8.02. The van der Waals surface area contributed by atoms with Crippen molar-refractivity contribution < 1.29 is 0 Å². The van der Waals surface area contributed by atoms with Gasteiger partial charge in [-0.05, 0) is 42.4 Å². The summed E-state index contributed by atoms with van der Waals surface area (Å²) < 4.78 is 0. The molecule has 0 nitrogen and oxygen atoms in total. The van der Waals surface area contributed by atoms with E-state index in [-0.39, 0.29) is 0 Å². The fourth-order valence-corrected chi connectivity index (χ4v) is 2.39. The molecule has 0 amide bonds. The molecule has 0 aliphatic heterocycles. The zero-order chi connectivity index (χ0) is 10.6. The number of hydrogen-bond donors (Lipinski definition) is 0. The van der Waals surface area contributed by atoms with Gasteiger partial charge in [-0.15, -0.1) is 0 Å². The van der Waals surface area contributed by atoms with E-state index >= 15 is 0 Å². The Bertz CT molecular complexity index is 326. The second-order valence-electron chi connectivity index (χ2n) is 3.53. The van der Waals surface area contributed by atoms with Crippen molar-refractivity contribution in [3.05, 3.63) is 40.8 Å². The van der Waals surface area contributed by atoms with E-state index in [4.69, 9.17) is 0 Å². The Labute approximate surface area is 91.4 Å². The Balaban J connectivity index is 3.14. The van der Waals surface area contributed by atoms with Gasteiger partial charge in [0.25, 0.3) is 0 Å². The van der Waals surface area contributed by atoms with E-state index in [2.05, 4.69) is 39.5 Å². The molecule has 0 unspecified atom stereocenters. The highest BCUT2D eigenvalue weighted by atomic mass is 32.2. The molecule has 0 saturated heterocycles. The second kappa shape index (κ2) is 5.26. The van der Waals surface area contributed by atoms with Gasteiger partial charge in [-0.1, -0.05) is 43.8 Å². The summed E-state index contributed by atoms with van der Waals surface area (Å²) in [6.07, 6.45) is 2.37. The van der Waals surface area contributed by atoms with Gasteiger partial charge in [-0.25, -0.2) is 0 Å². The van der Waals surface area contributed by atoms with Crippen molar-refractivity contribution in [2.45, 2.75) is 38.5 Å². The molecule has 14 heavy (non-hydrogen) atoms. The van der Waals surface area contributed by atoms with Gasteiger partial charge in [0, 0.05) is 4.90 Å². The Morgan fingerprint density at radius 3 is 2.64 bits per heavy atom. The third-order valence-electron chi connectivity index (χ3n) is 2.48. The first-order chi connectivity index (χ1) is 6.70. The summed E-state index contributed by atoms with van der Waals surface area (Å²) in [4.78, 5) is 1.40. The van der Waals surface area contributed by atoms with Crippen molar-refractivity contribution >= 4 is 11.8 Å². The topological polar surface area (TPSA) is 0 Å². The largest absolute Gasteiger partial charge is 0.0981 e. The van der Waals surface area contributed by atoms with Gasteiger partial charge in [-0.3, -0.25) is 0 Å². The highest BCUT2D eigenvalue weighted by Crippen LogP contribution is 2.30. The van der Waals surface area contributed by atoms with Crippen molar-refractivity contribution in [1.29, 1.82) is 0 Å². The lowest BCUT2D eigenvalue weighted by Gasteiger charge is -2.12. The Morgan fingerprint density at radius 2 is 2.07 bits per heavy atom. The van der Waals surface area contributed by atoms with E-state index in [1.165, 1.54) is 28.0 Å². The molecule has 1 aromatic carbocycles. The predicted molar refractivity (Wildman–Crippen MR) is 66.0 cm³/mol. The van der Waals surface area contributed by atoms with Crippen LogP contribution in [0.1, 0.15) is 30.0 Å². The zero-order valence-electron chi connectivity index (χ0n) is 9.26. The molecular formula is C13H18S. The van der Waals surface area contributed by atoms with E-state index in [1.807, 2.05) is 5.41 Å². The summed E-state index contributed by atoms with van der Waals surface area (Å²) in [6, 6.07) is 4.46. The SMILES string of the molecule is C=CSc1c(CCC)ccc(C)c1C. The monoisotopic (exact) mass is 206 g/mol. The Kier molecular flexibility index (Phi) is 4.27. The van der Waals surface area contributed by atoms with Crippen LogP contribution in [0, 0.1) is 13.8 Å². The molecular weight excluding hydrogens is 188 g/mol. The minimum atomic E-state index is 1.16. The Hall–Kier alpha value is -0.690. The van der Waals surface area contributed by atoms with Crippen molar-refractivity contribution in [2.24, 2.45) is 0 Å². The third-order valence-corrected chi connectivity index (χ3v) is 3.45. The Morgan fingerprint density at radius 1 is 1.36 bits per heavy atom. The van der Waals surface area contributed by atoms with Crippen LogP contribution in [0.3, 0.4) is 0 Å². The van der Waals surface area contributed by atoms with Crippen LogP contribution >= 0.6 is 11.8 Å². The molecule has 0 spiro atoms. The predicted octanol–water partition coefficient (Wildman–Crippen LogP) is 4.49. The van der Waals surface area contributed by atoms with Gasteiger partial charge in [0.15, 0.2) is 0 Å². The molecule has 0 aromatic heterocycles. The van der Waals surface area contributed by atoms with Crippen LogP contribution in [0.2, 0.25) is 0 Å². The van der Waals surface area contributed by atoms with Gasteiger partial charge in [0.05, 0.1) is 0 Å². The van der Waals surface area contributed by atoms with E-state index in [0.717, 1.165) is 6.42 Å². The first-order valence-corrected chi connectivity index (χ1v) is 5.95. The van der Waals surface area contributed by atoms with Gasteiger partial charge < -0.3 is 0 Å². The van der Waals surface area contributed by atoms with Crippen LogP contribution in [0.15, 0.2) is 29.0 Å². The van der Waals surface area contributed by atoms with E-state index in [9.17, 15) is 0 Å². The van der Waals surface area contributed by atoms with Crippen LogP contribution in [0.4, 0.5) is 0 Å². The quantitative estimate of drug-likeness (QED) is 0.654. The lowest BCUT2D eigenvalue weighted by Crippen LogP contribution is -1.92. The maximum absolute atomic E-state index is 3.79. The highest BCUT2D eigenvalue weighted by Gasteiger charge is 2.06. The fraction of sp³-hybridized carbons (Fsp3) is 0.385. The molecule has 0 aliphatic rings. The van der Waals surface area contributed by atoms with E-state index in [1.54, 1.807) is 11.8 Å². The van der Waals surface area contributed by atoms with Crippen molar-refractivity contribution in [3.63, 3.8) is 0 Å². The number of rotatable bonds is 4. The maximum Gasteiger partial charge on any atom is 0.0180 e. The molecule has 0 saturated carbocycles. The molecule has 1 aromatic rings. The molecule has 0 radical (unpaired) electrons. The zero-order valence-corrected chi connectivity index (χ0v) is 10.1. The van der Waals surface area contributed by atoms with Crippen LogP contribution in [-0.4, -0.2) is 0 Å². The van der Waals surface area contributed by atoms with Crippen LogP contribution in [0.5, 0.6) is 0 Å². The van der Waals surface area contributed by atoms with Gasteiger partial charge in [-0.2, -0.15) is 0 Å². The minimum absolute atomic E-state index is 1.16. The van der Waals surface area contributed by atoms with Crippen LogP contribution < -0.4 is 0 Å². The summed E-state index contributed by atoms with van der Waals surface area (Å²) in [6.45, 7) is 10.4. The standard InChI is InChI=1S/C13H18S/c1-5-7-12-9-8-10(3)11(4)13(12)14-6-2/h6,8-9H,2,5,7H2,1,3-4H3. The van der Waals surface area contributed by atoms with E-state index < -0.39 is 0 Å². The van der Waals surface area contributed by atoms with Crippen molar-refractivity contribution in [1.82, 2.24) is 0 Å². The average molecular weight is 206 g/mol. The van der Waals surface area contributed by atoms with Gasteiger partial charge in [0.1, 0.15) is 0 Å². The van der Waals surface area contributed by atoms with E-state index in [0.29, 0.717) is 0 Å². The lowest BCUT2D eigenvalue weighted by molar-refractivity contribution is 0.894. The molecule has 1 rings (SSSR count). The van der Waals surface area contributed by atoms with Gasteiger partial charge >= 0.3 is 0 Å². The smallest absolute Gasteiger partial charge is 0.0180 e. The summed E-state index contributed by atoms with van der Waals surface area (Å²) in [7, 11) is 0. The second-order valence-corrected chi connectivity index (χ2v) is 4.51. The molecule has 76 valence electrons. The average Bonchev–Trinajstić information content (AvgIpc) is 2.18. The molecule has 0 bridgehead atoms. The lowest BCUT2D eigenvalue weighted by atomic mass is 10.0. The summed E-state index contributed by atoms with van der Waals surface area (Å²) in [5.74, 6) is 0. The number of aryl methyl sites for hydroxylation is 2. The first-order valence-electron chi connectivity index (χ1n) is 5.07. The summed E-state index contributed by atoms with van der Waals surface area (Å²) >= 11 is 1.75. The van der Waals surface area contributed by atoms with Crippen molar-refractivity contribution in [2.75, 3.05) is 0 Å². The molecule has 0 atom stereocenters. The molecule has 0 heterocycles. The molecule has 0 fully saturated rings. The first kappa shape index (κ1) is 11.4. The van der Waals surface area contributed by atoms with Crippen LogP contribution in [-0.2, 0) is 6.42 Å². The normalized spacial score (nSPS) is 10.2. The fourth-order valence-electron chi connectivity index (χ4n) is 1.56. The van der Waals surface area contributed by atoms with Crippen LogP contribution in [0.25, 0.3) is 0 Å². The van der Waals surface area contributed by atoms with Gasteiger partial charge in [0.2, 0.25) is 0 Å². The van der Waals surface area contributed by atoms with Crippen molar-refractivity contribution in [3.8, 4) is 0 Å². The number of hydrogen-bond acceptors (Lipinski definition) is 1. The third kappa shape index (κ3) is 2.42. The number of benzene rings is 1. The molecule has 1 heteroatoms. The molecule has 0 N–H and O–H groups in total.